The second-order valence-corrected chi connectivity index (χ2v) is 16.9. The van der Waals surface area contributed by atoms with E-state index in [1.807, 2.05) is 56.0 Å². The third-order valence-corrected chi connectivity index (χ3v) is 11.1. The molecule has 2 aromatic rings. The highest BCUT2D eigenvalue weighted by atomic mass is 35.6. The summed E-state index contributed by atoms with van der Waals surface area (Å²) in [6.45, 7) is 8.14. The maximum absolute atomic E-state index is 12.4. The summed E-state index contributed by atoms with van der Waals surface area (Å²) < 4.78 is 5.64. The fraction of sp³-hybridized carbons (Fsp3) is 0.316. The van der Waals surface area contributed by atoms with Gasteiger partial charge in [-0.05, 0) is 35.6 Å². The molecule has 24 heavy (non-hydrogen) atoms. The van der Waals surface area contributed by atoms with Gasteiger partial charge in [0.25, 0.3) is 5.97 Å². The van der Waals surface area contributed by atoms with E-state index in [1.54, 1.807) is 0 Å². The monoisotopic (exact) mass is 376 g/mol. The zero-order valence-electron chi connectivity index (χ0n) is 14.8. The molecule has 0 saturated carbocycles. The topological polar surface area (TPSA) is 26.3 Å². The molecule has 0 amide bonds. The van der Waals surface area contributed by atoms with Crippen molar-refractivity contribution in [2.24, 2.45) is 0 Å². The normalized spacial score (nSPS) is 13.4. The Balaban J connectivity index is 2.35. The first-order valence-corrected chi connectivity index (χ1v) is 14.7. The first-order valence-electron chi connectivity index (χ1n) is 8.25. The molecule has 0 spiro atoms. The molecular formula is C19H25ClO2Si2. The van der Waals surface area contributed by atoms with Crippen LogP contribution in [0.3, 0.4) is 0 Å². The van der Waals surface area contributed by atoms with Gasteiger partial charge < -0.3 is 4.43 Å². The molecular weight excluding hydrogens is 352 g/mol. The Bertz CT molecular complexity index is 629. The lowest BCUT2D eigenvalue weighted by atomic mass is 10.3. The molecule has 0 aromatic heterocycles. The minimum absolute atomic E-state index is 0.0350. The van der Waals surface area contributed by atoms with E-state index < -0.39 is 15.7 Å². The Labute approximate surface area is 151 Å². The number of hydrogen-bond donors (Lipinski definition) is 0. The van der Waals surface area contributed by atoms with Crippen molar-refractivity contribution in [3.05, 3.63) is 60.7 Å². The Morgan fingerprint density at radius 3 is 1.75 bits per heavy atom. The van der Waals surface area contributed by atoms with Crippen LogP contribution in [0.5, 0.6) is 0 Å². The lowest BCUT2D eigenvalue weighted by Crippen LogP contribution is -2.57. The molecule has 0 heterocycles. The average Bonchev–Trinajstić information content (AvgIpc) is 2.53. The maximum atomic E-state index is 12.4. The van der Waals surface area contributed by atoms with Crippen LogP contribution in [0.15, 0.2) is 60.7 Å². The van der Waals surface area contributed by atoms with E-state index in [2.05, 4.69) is 31.2 Å². The highest BCUT2D eigenvalue weighted by molar-refractivity contribution is 7.34. The van der Waals surface area contributed by atoms with Crippen molar-refractivity contribution in [3.8, 4) is 0 Å². The van der Waals surface area contributed by atoms with Crippen molar-refractivity contribution in [2.45, 2.75) is 38.5 Å². The van der Waals surface area contributed by atoms with E-state index >= 15 is 0 Å². The van der Waals surface area contributed by atoms with Crippen molar-refractivity contribution >= 4 is 43.1 Å². The SMILES string of the molecule is CC(CC(=O)O[Si](C)(C)C)[Si](Cl)(c1ccccc1)c1ccccc1. The van der Waals surface area contributed by atoms with E-state index in [1.165, 1.54) is 0 Å². The molecule has 0 radical (unpaired) electrons. The van der Waals surface area contributed by atoms with Gasteiger partial charge in [-0.15, -0.1) is 0 Å². The van der Waals surface area contributed by atoms with Gasteiger partial charge in [-0.1, -0.05) is 67.6 Å². The summed E-state index contributed by atoms with van der Waals surface area (Å²) in [7, 11) is -4.44. The van der Waals surface area contributed by atoms with Crippen LogP contribution >= 0.6 is 11.1 Å². The molecule has 2 nitrogen and oxygen atoms in total. The molecule has 1 atom stereocenters. The Morgan fingerprint density at radius 1 is 0.958 bits per heavy atom. The quantitative estimate of drug-likeness (QED) is 0.559. The molecule has 0 aliphatic carbocycles. The molecule has 128 valence electrons. The molecule has 0 fully saturated rings. The van der Waals surface area contributed by atoms with E-state index in [4.69, 9.17) is 15.5 Å². The second-order valence-electron chi connectivity index (χ2n) is 7.14. The third kappa shape index (κ3) is 4.59. The van der Waals surface area contributed by atoms with E-state index in [-0.39, 0.29) is 11.5 Å². The van der Waals surface area contributed by atoms with Crippen molar-refractivity contribution in [2.75, 3.05) is 0 Å². The highest BCUT2D eigenvalue weighted by Crippen LogP contribution is 2.29. The van der Waals surface area contributed by atoms with Gasteiger partial charge in [0.15, 0.2) is 0 Å². The van der Waals surface area contributed by atoms with Crippen LogP contribution in [0.2, 0.25) is 25.2 Å². The summed E-state index contributed by atoms with van der Waals surface area (Å²) >= 11 is 7.30. The zero-order chi connectivity index (χ0) is 17.8. The molecule has 2 aromatic carbocycles. The van der Waals surface area contributed by atoms with Gasteiger partial charge in [-0.3, -0.25) is 4.79 Å². The van der Waals surface area contributed by atoms with Crippen molar-refractivity contribution < 1.29 is 9.22 Å². The lowest BCUT2D eigenvalue weighted by Gasteiger charge is -2.32. The summed E-state index contributed by atoms with van der Waals surface area (Å²) in [4.78, 5) is 12.4. The minimum Gasteiger partial charge on any atom is -0.520 e. The van der Waals surface area contributed by atoms with E-state index in [9.17, 15) is 4.79 Å². The molecule has 0 saturated heterocycles. The van der Waals surface area contributed by atoms with Crippen LogP contribution in [0.4, 0.5) is 0 Å². The van der Waals surface area contributed by atoms with Crippen LogP contribution in [0, 0.1) is 0 Å². The molecule has 2 rings (SSSR count). The number of carbonyl (C=O) groups is 1. The summed E-state index contributed by atoms with van der Waals surface area (Å²) in [6.07, 6.45) is 0.351. The summed E-state index contributed by atoms with van der Waals surface area (Å²) in [6, 6.07) is 20.3. The molecule has 1 unspecified atom stereocenters. The van der Waals surface area contributed by atoms with Gasteiger partial charge in [0.05, 0.1) is 0 Å². The maximum Gasteiger partial charge on any atom is 0.292 e. The van der Waals surface area contributed by atoms with Crippen LogP contribution in [-0.2, 0) is 9.22 Å². The number of benzene rings is 2. The standard InChI is InChI=1S/C19H25ClO2Si2/c1-16(15-19(21)22-23(2,3)4)24(20,17-11-7-5-8-12-17)18-13-9-6-10-14-18/h5-14,16H,15H2,1-4H3. The first kappa shape index (κ1) is 19.0. The summed E-state index contributed by atoms with van der Waals surface area (Å²) in [5.74, 6) is -0.133. The molecule has 0 N–H and O–H groups in total. The van der Waals surface area contributed by atoms with Crippen molar-refractivity contribution in [1.82, 2.24) is 0 Å². The second kappa shape index (κ2) is 7.68. The third-order valence-electron chi connectivity index (χ3n) is 3.96. The fourth-order valence-corrected chi connectivity index (χ4v) is 7.90. The van der Waals surface area contributed by atoms with Gasteiger partial charge in [-0.25, -0.2) is 0 Å². The molecule has 0 bridgehead atoms. The molecule has 0 aliphatic rings. The van der Waals surface area contributed by atoms with E-state index in [0.717, 1.165) is 10.4 Å². The largest absolute Gasteiger partial charge is 0.520 e. The Kier molecular flexibility index (Phi) is 6.07. The minimum atomic E-state index is -2.56. The number of rotatable bonds is 6. The van der Waals surface area contributed by atoms with Crippen molar-refractivity contribution in [1.29, 1.82) is 0 Å². The zero-order valence-corrected chi connectivity index (χ0v) is 17.5. The number of halogens is 1. The number of carbonyl (C=O) groups excluding carboxylic acids is 1. The fourth-order valence-electron chi connectivity index (χ4n) is 2.87. The first-order chi connectivity index (χ1) is 11.2. The highest BCUT2D eigenvalue weighted by Gasteiger charge is 2.42. The van der Waals surface area contributed by atoms with Gasteiger partial charge in [0, 0.05) is 6.42 Å². The predicted molar refractivity (Wildman–Crippen MR) is 107 cm³/mol. The van der Waals surface area contributed by atoms with Gasteiger partial charge in [0.1, 0.15) is 0 Å². The molecule has 5 heteroatoms. The smallest absolute Gasteiger partial charge is 0.292 e. The lowest BCUT2D eigenvalue weighted by molar-refractivity contribution is -0.135. The van der Waals surface area contributed by atoms with Crippen LogP contribution in [0.1, 0.15) is 13.3 Å². The molecule has 0 aliphatic heterocycles. The van der Waals surface area contributed by atoms with Crippen molar-refractivity contribution in [3.63, 3.8) is 0 Å². The Morgan fingerprint density at radius 2 is 1.38 bits per heavy atom. The van der Waals surface area contributed by atoms with Crippen LogP contribution in [0.25, 0.3) is 0 Å². The van der Waals surface area contributed by atoms with Crippen LogP contribution in [-0.4, -0.2) is 21.7 Å². The van der Waals surface area contributed by atoms with Gasteiger partial charge in [0.2, 0.25) is 15.7 Å². The van der Waals surface area contributed by atoms with E-state index in [0.29, 0.717) is 6.42 Å². The summed E-state index contributed by atoms with van der Waals surface area (Å²) in [5.41, 5.74) is 0.0350. The summed E-state index contributed by atoms with van der Waals surface area (Å²) in [5, 5.41) is 2.26. The Hall–Kier alpha value is -1.37. The van der Waals surface area contributed by atoms with Crippen LogP contribution < -0.4 is 10.4 Å². The van der Waals surface area contributed by atoms with Gasteiger partial charge in [-0.2, -0.15) is 11.1 Å². The number of hydrogen-bond acceptors (Lipinski definition) is 2. The van der Waals surface area contributed by atoms with Gasteiger partial charge >= 0.3 is 0 Å². The predicted octanol–water partition coefficient (Wildman–Crippen LogP) is 4.14. The average molecular weight is 377 g/mol.